The van der Waals surface area contributed by atoms with Crippen LogP contribution in [0.5, 0.6) is 0 Å². The Bertz CT molecular complexity index is 329. The second-order valence-electron chi connectivity index (χ2n) is 3.80. The Morgan fingerprint density at radius 3 is 2.76 bits per heavy atom. The van der Waals surface area contributed by atoms with Gasteiger partial charge in [0.15, 0.2) is 0 Å². The van der Waals surface area contributed by atoms with E-state index >= 15 is 0 Å². The van der Waals surface area contributed by atoms with E-state index in [0.717, 1.165) is 12.3 Å². The van der Waals surface area contributed by atoms with Crippen molar-refractivity contribution in [2.75, 3.05) is 19.4 Å². The van der Waals surface area contributed by atoms with Crippen molar-refractivity contribution in [1.82, 2.24) is 5.32 Å². The van der Waals surface area contributed by atoms with Gasteiger partial charge in [0, 0.05) is 23.2 Å². The van der Waals surface area contributed by atoms with Crippen molar-refractivity contribution < 1.29 is 9.53 Å². The van der Waals surface area contributed by atoms with Crippen LogP contribution < -0.4 is 5.32 Å². The standard InChI is InChI=1S/C13H19NO2S/c1-11(10-13(15)16-2)14-8-9-17-12-6-4-3-5-7-12/h3-7,11,14H,8-10H2,1-2H3. The van der Waals surface area contributed by atoms with E-state index in [9.17, 15) is 4.79 Å². The minimum Gasteiger partial charge on any atom is -0.469 e. The number of rotatable bonds is 7. The third-order valence-electron chi connectivity index (χ3n) is 2.31. The van der Waals surface area contributed by atoms with Gasteiger partial charge in [-0.2, -0.15) is 0 Å². The lowest BCUT2D eigenvalue weighted by molar-refractivity contribution is -0.141. The van der Waals surface area contributed by atoms with Gasteiger partial charge in [-0.25, -0.2) is 0 Å². The zero-order valence-electron chi connectivity index (χ0n) is 10.3. The first-order valence-electron chi connectivity index (χ1n) is 5.70. The first kappa shape index (κ1) is 14.1. The summed E-state index contributed by atoms with van der Waals surface area (Å²) in [6.45, 7) is 2.88. The smallest absolute Gasteiger partial charge is 0.307 e. The lowest BCUT2D eigenvalue weighted by atomic mass is 10.2. The number of methoxy groups -OCH3 is 1. The van der Waals surface area contributed by atoms with E-state index in [4.69, 9.17) is 0 Å². The lowest BCUT2D eigenvalue weighted by Gasteiger charge is -2.11. The van der Waals surface area contributed by atoms with Crippen LogP contribution in [-0.2, 0) is 9.53 Å². The van der Waals surface area contributed by atoms with Crippen molar-refractivity contribution >= 4 is 17.7 Å². The van der Waals surface area contributed by atoms with E-state index in [1.165, 1.54) is 12.0 Å². The lowest BCUT2D eigenvalue weighted by Crippen LogP contribution is -2.30. The molecule has 0 aliphatic rings. The molecule has 0 aromatic heterocycles. The van der Waals surface area contributed by atoms with E-state index in [1.807, 2.05) is 36.9 Å². The molecule has 0 heterocycles. The number of benzene rings is 1. The van der Waals surface area contributed by atoms with Gasteiger partial charge in [0.25, 0.3) is 0 Å². The molecule has 0 saturated heterocycles. The molecule has 3 nitrogen and oxygen atoms in total. The second kappa shape index (κ2) is 8.14. The highest BCUT2D eigenvalue weighted by atomic mass is 32.2. The SMILES string of the molecule is COC(=O)CC(C)NCCSc1ccccc1. The number of carbonyl (C=O) groups is 1. The molecule has 0 bridgehead atoms. The van der Waals surface area contributed by atoms with Crippen LogP contribution in [0.25, 0.3) is 0 Å². The van der Waals surface area contributed by atoms with Gasteiger partial charge >= 0.3 is 5.97 Å². The maximum atomic E-state index is 11.0. The molecule has 1 aromatic rings. The average molecular weight is 253 g/mol. The molecule has 0 amide bonds. The molecule has 1 rings (SSSR count). The first-order valence-corrected chi connectivity index (χ1v) is 6.69. The van der Waals surface area contributed by atoms with Crippen molar-refractivity contribution in [1.29, 1.82) is 0 Å². The van der Waals surface area contributed by atoms with Crippen molar-refractivity contribution in [2.24, 2.45) is 0 Å². The molecule has 1 unspecified atom stereocenters. The van der Waals surface area contributed by atoms with E-state index < -0.39 is 0 Å². The Morgan fingerprint density at radius 1 is 1.41 bits per heavy atom. The molecule has 0 aliphatic heterocycles. The number of nitrogens with one attached hydrogen (secondary N) is 1. The molecule has 1 N–H and O–H groups in total. The van der Waals surface area contributed by atoms with Crippen molar-refractivity contribution in [2.45, 2.75) is 24.3 Å². The first-order chi connectivity index (χ1) is 8.22. The fraction of sp³-hybridized carbons (Fsp3) is 0.462. The summed E-state index contributed by atoms with van der Waals surface area (Å²) in [5.41, 5.74) is 0. The predicted molar refractivity (Wildman–Crippen MR) is 71.3 cm³/mol. The summed E-state index contributed by atoms with van der Waals surface area (Å²) in [4.78, 5) is 12.3. The quantitative estimate of drug-likeness (QED) is 0.460. The highest BCUT2D eigenvalue weighted by Crippen LogP contribution is 2.15. The Morgan fingerprint density at radius 2 is 2.12 bits per heavy atom. The van der Waals surface area contributed by atoms with Crippen LogP contribution in [-0.4, -0.2) is 31.4 Å². The highest BCUT2D eigenvalue weighted by Gasteiger charge is 2.07. The van der Waals surface area contributed by atoms with Crippen LogP contribution in [0, 0.1) is 0 Å². The molecule has 0 aliphatic carbocycles. The Hall–Kier alpha value is -1.00. The molecule has 0 radical (unpaired) electrons. The summed E-state index contributed by atoms with van der Waals surface area (Å²) >= 11 is 1.81. The molecule has 4 heteroatoms. The maximum absolute atomic E-state index is 11.0. The molecule has 17 heavy (non-hydrogen) atoms. The van der Waals surface area contributed by atoms with E-state index in [1.54, 1.807) is 0 Å². The van der Waals surface area contributed by atoms with E-state index in [-0.39, 0.29) is 12.0 Å². The number of hydrogen-bond donors (Lipinski definition) is 1. The molecular weight excluding hydrogens is 234 g/mol. The summed E-state index contributed by atoms with van der Waals surface area (Å²) in [6, 6.07) is 10.5. The van der Waals surface area contributed by atoms with Crippen LogP contribution in [0.4, 0.5) is 0 Å². The van der Waals surface area contributed by atoms with E-state index in [2.05, 4.69) is 22.2 Å². The van der Waals surface area contributed by atoms with Crippen LogP contribution in [0.15, 0.2) is 35.2 Å². The largest absolute Gasteiger partial charge is 0.469 e. The number of carbonyl (C=O) groups excluding carboxylic acids is 1. The average Bonchev–Trinajstić information content (AvgIpc) is 2.36. The summed E-state index contributed by atoms with van der Waals surface area (Å²) in [5, 5.41) is 3.30. The summed E-state index contributed by atoms with van der Waals surface area (Å²) < 4.78 is 4.61. The molecule has 0 fully saturated rings. The topological polar surface area (TPSA) is 38.3 Å². The molecular formula is C13H19NO2S. The van der Waals surface area contributed by atoms with Gasteiger partial charge in [-0.3, -0.25) is 4.79 Å². The molecule has 1 atom stereocenters. The molecule has 0 saturated carbocycles. The van der Waals surface area contributed by atoms with Crippen LogP contribution >= 0.6 is 11.8 Å². The Kier molecular flexibility index (Phi) is 6.74. The van der Waals surface area contributed by atoms with Crippen molar-refractivity contribution in [3.05, 3.63) is 30.3 Å². The Labute approximate surface area is 107 Å². The monoisotopic (exact) mass is 253 g/mol. The van der Waals surface area contributed by atoms with E-state index in [0.29, 0.717) is 6.42 Å². The molecule has 1 aromatic carbocycles. The second-order valence-corrected chi connectivity index (χ2v) is 4.97. The number of esters is 1. The van der Waals surface area contributed by atoms with Gasteiger partial charge in [0.1, 0.15) is 0 Å². The van der Waals surface area contributed by atoms with Gasteiger partial charge < -0.3 is 10.1 Å². The van der Waals surface area contributed by atoms with Crippen LogP contribution in [0.1, 0.15) is 13.3 Å². The van der Waals surface area contributed by atoms with Gasteiger partial charge in [0.05, 0.1) is 13.5 Å². The third-order valence-corrected chi connectivity index (χ3v) is 3.32. The van der Waals surface area contributed by atoms with Gasteiger partial charge in [0.2, 0.25) is 0 Å². The third kappa shape index (κ3) is 6.34. The molecule has 0 spiro atoms. The maximum Gasteiger partial charge on any atom is 0.307 e. The van der Waals surface area contributed by atoms with Crippen molar-refractivity contribution in [3.8, 4) is 0 Å². The van der Waals surface area contributed by atoms with Gasteiger partial charge in [-0.05, 0) is 19.1 Å². The number of ether oxygens (including phenoxy) is 1. The predicted octanol–water partition coefficient (Wildman–Crippen LogP) is 2.32. The zero-order chi connectivity index (χ0) is 12.5. The molecule has 94 valence electrons. The summed E-state index contributed by atoms with van der Waals surface area (Å²) in [6.07, 6.45) is 0.423. The van der Waals surface area contributed by atoms with Crippen LogP contribution in [0.2, 0.25) is 0 Å². The number of thioether (sulfide) groups is 1. The summed E-state index contributed by atoms with van der Waals surface area (Å²) in [5.74, 6) is 0.830. The fourth-order valence-electron chi connectivity index (χ4n) is 1.40. The Balaban J connectivity index is 2.10. The minimum atomic E-state index is -0.166. The van der Waals surface area contributed by atoms with Crippen LogP contribution in [0.3, 0.4) is 0 Å². The van der Waals surface area contributed by atoms with Gasteiger partial charge in [-0.15, -0.1) is 11.8 Å². The zero-order valence-corrected chi connectivity index (χ0v) is 11.1. The van der Waals surface area contributed by atoms with Gasteiger partial charge in [-0.1, -0.05) is 18.2 Å². The summed E-state index contributed by atoms with van der Waals surface area (Å²) in [7, 11) is 1.42. The highest BCUT2D eigenvalue weighted by molar-refractivity contribution is 7.99. The fourth-order valence-corrected chi connectivity index (χ4v) is 2.20. The van der Waals surface area contributed by atoms with Crippen molar-refractivity contribution in [3.63, 3.8) is 0 Å². The normalized spacial score (nSPS) is 12.1. The number of hydrogen-bond acceptors (Lipinski definition) is 4. The minimum absolute atomic E-state index is 0.166.